The Bertz CT molecular complexity index is 545. The predicted octanol–water partition coefficient (Wildman–Crippen LogP) is 3.10. The van der Waals surface area contributed by atoms with Crippen molar-refractivity contribution in [3.63, 3.8) is 0 Å². The van der Waals surface area contributed by atoms with E-state index in [0.717, 1.165) is 15.6 Å². The van der Waals surface area contributed by atoms with E-state index in [2.05, 4.69) is 19.2 Å². The third kappa shape index (κ3) is 2.48. The number of nitrogens with one attached hydrogen (secondary N) is 1. The Morgan fingerprint density at radius 1 is 1.47 bits per heavy atom. The van der Waals surface area contributed by atoms with Gasteiger partial charge in [-0.3, -0.25) is 0 Å². The molecule has 0 saturated carbocycles. The van der Waals surface area contributed by atoms with Crippen LogP contribution in [0.1, 0.15) is 29.8 Å². The van der Waals surface area contributed by atoms with Gasteiger partial charge in [0, 0.05) is 22.7 Å². The van der Waals surface area contributed by atoms with Gasteiger partial charge >= 0.3 is 5.97 Å². The smallest absolute Gasteiger partial charge is 0.336 e. The second kappa shape index (κ2) is 4.85. The molecule has 90 valence electrons. The lowest BCUT2D eigenvalue weighted by Gasteiger charge is -2.08. The maximum absolute atomic E-state index is 11.2. The van der Waals surface area contributed by atoms with Crippen LogP contribution >= 0.6 is 11.3 Å². The summed E-state index contributed by atoms with van der Waals surface area (Å²) in [5.41, 5.74) is 1.46. The first kappa shape index (κ1) is 12.1. The van der Waals surface area contributed by atoms with Crippen LogP contribution in [0.5, 0.6) is 0 Å². The van der Waals surface area contributed by atoms with E-state index in [1.54, 1.807) is 23.5 Å². The second-order valence-electron chi connectivity index (χ2n) is 4.28. The Morgan fingerprint density at radius 2 is 2.24 bits per heavy atom. The minimum absolute atomic E-state index is 0.391. The third-order valence-electron chi connectivity index (χ3n) is 2.61. The molecule has 2 aromatic rings. The number of aromatic carboxylic acids is 1. The molecule has 0 bridgehead atoms. The summed E-state index contributed by atoms with van der Waals surface area (Å²) in [5.74, 6) is -0.861. The SMILES string of the molecule is CC(C)NCc1csc2cccc(C(=O)O)c12. The largest absolute Gasteiger partial charge is 0.478 e. The van der Waals surface area contributed by atoms with Gasteiger partial charge in [-0.15, -0.1) is 11.3 Å². The van der Waals surface area contributed by atoms with Crippen molar-refractivity contribution in [2.75, 3.05) is 0 Å². The fourth-order valence-electron chi connectivity index (χ4n) is 1.78. The molecule has 0 fully saturated rings. The van der Waals surface area contributed by atoms with Crippen molar-refractivity contribution in [2.24, 2.45) is 0 Å². The van der Waals surface area contributed by atoms with Gasteiger partial charge in [-0.2, -0.15) is 0 Å². The molecule has 0 unspecified atom stereocenters. The van der Waals surface area contributed by atoms with Gasteiger partial charge in [0.2, 0.25) is 0 Å². The lowest BCUT2D eigenvalue weighted by Crippen LogP contribution is -2.21. The van der Waals surface area contributed by atoms with Gasteiger partial charge in [0.1, 0.15) is 0 Å². The highest BCUT2D eigenvalue weighted by Crippen LogP contribution is 2.29. The molecule has 0 amide bonds. The maximum atomic E-state index is 11.2. The summed E-state index contributed by atoms with van der Waals surface area (Å²) in [4.78, 5) is 11.2. The minimum Gasteiger partial charge on any atom is -0.478 e. The molecule has 2 N–H and O–H groups in total. The number of hydrogen-bond acceptors (Lipinski definition) is 3. The van der Waals surface area contributed by atoms with E-state index >= 15 is 0 Å². The molecular formula is C13H15NO2S. The predicted molar refractivity (Wildman–Crippen MR) is 70.8 cm³/mol. The van der Waals surface area contributed by atoms with Gasteiger partial charge in [-0.1, -0.05) is 19.9 Å². The maximum Gasteiger partial charge on any atom is 0.336 e. The average molecular weight is 249 g/mol. The van der Waals surface area contributed by atoms with Crippen LogP contribution in [0, 0.1) is 0 Å². The summed E-state index contributed by atoms with van der Waals surface area (Å²) in [6, 6.07) is 5.81. The Morgan fingerprint density at radius 3 is 2.88 bits per heavy atom. The molecular weight excluding hydrogens is 234 g/mol. The topological polar surface area (TPSA) is 49.3 Å². The quantitative estimate of drug-likeness (QED) is 0.875. The lowest BCUT2D eigenvalue weighted by atomic mass is 10.1. The zero-order valence-corrected chi connectivity index (χ0v) is 10.7. The van der Waals surface area contributed by atoms with Gasteiger partial charge in [-0.05, 0) is 23.1 Å². The molecule has 2 rings (SSSR count). The van der Waals surface area contributed by atoms with E-state index in [9.17, 15) is 9.90 Å². The number of rotatable bonds is 4. The molecule has 3 nitrogen and oxygen atoms in total. The van der Waals surface area contributed by atoms with Crippen molar-refractivity contribution in [1.82, 2.24) is 5.32 Å². The summed E-state index contributed by atoms with van der Waals surface area (Å²) in [7, 11) is 0. The van der Waals surface area contributed by atoms with Crippen LogP contribution in [0.4, 0.5) is 0 Å². The minimum atomic E-state index is -0.861. The zero-order chi connectivity index (χ0) is 12.4. The van der Waals surface area contributed by atoms with Crippen molar-refractivity contribution < 1.29 is 9.90 Å². The highest BCUT2D eigenvalue weighted by molar-refractivity contribution is 7.17. The molecule has 0 atom stereocenters. The molecule has 0 aliphatic carbocycles. The first-order valence-electron chi connectivity index (χ1n) is 5.55. The number of carboxylic acid groups (broad SMARTS) is 1. The summed E-state index contributed by atoms with van der Waals surface area (Å²) in [6.45, 7) is 4.86. The van der Waals surface area contributed by atoms with Crippen molar-refractivity contribution in [3.8, 4) is 0 Å². The Kier molecular flexibility index (Phi) is 3.45. The van der Waals surface area contributed by atoms with Gasteiger partial charge in [0.05, 0.1) is 5.56 Å². The average Bonchev–Trinajstić information content (AvgIpc) is 2.69. The van der Waals surface area contributed by atoms with E-state index in [1.165, 1.54) is 0 Å². The zero-order valence-electron chi connectivity index (χ0n) is 9.86. The second-order valence-corrected chi connectivity index (χ2v) is 5.19. The van der Waals surface area contributed by atoms with Gasteiger partial charge in [0.25, 0.3) is 0 Å². The number of thiophene rings is 1. The van der Waals surface area contributed by atoms with E-state index < -0.39 is 5.97 Å². The molecule has 0 radical (unpaired) electrons. The van der Waals surface area contributed by atoms with E-state index in [-0.39, 0.29) is 0 Å². The Labute approximate surface area is 104 Å². The molecule has 1 aromatic heterocycles. The van der Waals surface area contributed by atoms with Crippen LogP contribution in [-0.2, 0) is 6.54 Å². The molecule has 1 aromatic carbocycles. The standard InChI is InChI=1S/C13H15NO2S/c1-8(2)14-6-9-7-17-11-5-3-4-10(12(9)11)13(15)16/h3-5,7-8,14H,6H2,1-2H3,(H,15,16). The van der Waals surface area contributed by atoms with Gasteiger partial charge < -0.3 is 10.4 Å². The molecule has 0 aliphatic heterocycles. The molecule has 0 spiro atoms. The molecule has 17 heavy (non-hydrogen) atoms. The van der Waals surface area contributed by atoms with Crippen LogP contribution in [0.3, 0.4) is 0 Å². The summed E-state index contributed by atoms with van der Waals surface area (Å²) < 4.78 is 1.03. The first-order chi connectivity index (χ1) is 8.09. The third-order valence-corrected chi connectivity index (χ3v) is 3.60. The van der Waals surface area contributed by atoms with Crippen LogP contribution in [0.25, 0.3) is 10.1 Å². The molecule has 1 heterocycles. The molecule has 0 saturated heterocycles. The first-order valence-corrected chi connectivity index (χ1v) is 6.43. The van der Waals surface area contributed by atoms with Crippen LogP contribution in [0.2, 0.25) is 0 Å². The lowest BCUT2D eigenvalue weighted by molar-refractivity contribution is 0.0699. The van der Waals surface area contributed by atoms with Crippen molar-refractivity contribution in [3.05, 3.63) is 34.7 Å². The Hall–Kier alpha value is -1.39. The summed E-state index contributed by atoms with van der Waals surface area (Å²) >= 11 is 1.59. The number of benzene rings is 1. The summed E-state index contributed by atoms with van der Waals surface area (Å²) in [6.07, 6.45) is 0. The number of carbonyl (C=O) groups is 1. The number of hydrogen-bond donors (Lipinski definition) is 2. The summed E-state index contributed by atoms with van der Waals surface area (Å²) in [5, 5.41) is 15.4. The number of carboxylic acids is 1. The number of fused-ring (bicyclic) bond motifs is 1. The van der Waals surface area contributed by atoms with Crippen molar-refractivity contribution in [1.29, 1.82) is 0 Å². The van der Waals surface area contributed by atoms with Gasteiger partial charge in [0.15, 0.2) is 0 Å². The monoisotopic (exact) mass is 249 g/mol. The fraction of sp³-hybridized carbons (Fsp3) is 0.308. The van der Waals surface area contributed by atoms with E-state index in [1.807, 2.05) is 11.4 Å². The molecule has 0 aliphatic rings. The van der Waals surface area contributed by atoms with Crippen LogP contribution in [-0.4, -0.2) is 17.1 Å². The van der Waals surface area contributed by atoms with Gasteiger partial charge in [-0.25, -0.2) is 4.79 Å². The van der Waals surface area contributed by atoms with Crippen molar-refractivity contribution >= 4 is 27.4 Å². The molecule has 4 heteroatoms. The van der Waals surface area contributed by atoms with E-state index in [0.29, 0.717) is 18.2 Å². The highest BCUT2D eigenvalue weighted by Gasteiger charge is 2.13. The van der Waals surface area contributed by atoms with Crippen LogP contribution < -0.4 is 5.32 Å². The fourth-order valence-corrected chi connectivity index (χ4v) is 2.76. The normalized spacial score (nSPS) is 11.2. The van der Waals surface area contributed by atoms with E-state index in [4.69, 9.17) is 0 Å². The van der Waals surface area contributed by atoms with Crippen LogP contribution in [0.15, 0.2) is 23.6 Å². The van der Waals surface area contributed by atoms with Crippen molar-refractivity contribution in [2.45, 2.75) is 26.4 Å². The Balaban J connectivity index is 2.46. The highest BCUT2D eigenvalue weighted by atomic mass is 32.1.